The lowest BCUT2D eigenvalue weighted by atomic mass is 10.0. The van der Waals surface area contributed by atoms with Crippen LogP contribution in [0.2, 0.25) is 0 Å². The number of nitrogens with two attached hydrogens (primary N) is 1. The highest BCUT2D eigenvalue weighted by Crippen LogP contribution is 2.31. The second-order valence-corrected chi connectivity index (χ2v) is 6.74. The first-order chi connectivity index (χ1) is 11.5. The molecule has 24 heavy (non-hydrogen) atoms. The Hall–Kier alpha value is -2.54. The minimum atomic E-state index is -0.536. The number of likely N-dealkylation sites (tertiary alicyclic amines) is 1. The third kappa shape index (κ3) is 3.68. The van der Waals surface area contributed by atoms with Crippen LogP contribution in [0.25, 0.3) is 10.4 Å². The zero-order valence-corrected chi connectivity index (χ0v) is 14.1. The first-order valence-electron chi connectivity index (χ1n) is 7.67. The Kier molecular flexibility index (Phi) is 4.71. The quantitative estimate of drug-likeness (QED) is 0.834. The SMILES string of the molecule is CC(=O)N1CC(CNC(=O)Oc2cc(-c3cccs3)ccc2N)C1. The molecule has 3 N–H and O–H groups in total. The molecule has 2 aromatic rings. The maximum Gasteiger partial charge on any atom is 0.412 e. The fourth-order valence-electron chi connectivity index (χ4n) is 2.54. The second kappa shape index (κ2) is 6.92. The molecule has 1 aromatic heterocycles. The highest BCUT2D eigenvalue weighted by Gasteiger charge is 2.28. The summed E-state index contributed by atoms with van der Waals surface area (Å²) in [5.74, 6) is 0.681. The van der Waals surface area contributed by atoms with Crippen LogP contribution >= 0.6 is 11.3 Å². The van der Waals surface area contributed by atoms with Crippen molar-refractivity contribution in [1.29, 1.82) is 0 Å². The minimum absolute atomic E-state index is 0.0620. The van der Waals surface area contributed by atoms with Crippen LogP contribution in [0.5, 0.6) is 5.75 Å². The second-order valence-electron chi connectivity index (χ2n) is 5.79. The number of hydrogen-bond donors (Lipinski definition) is 2. The van der Waals surface area contributed by atoms with E-state index in [-0.39, 0.29) is 11.8 Å². The predicted octanol–water partition coefficient (Wildman–Crippen LogP) is 2.56. The number of nitrogen functional groups attached to an aromatic ring is 1. The zero-order chi connectivity index (χ0) is 17.1. The molecule has 2 amide bonds. The van der Waals surface area contributed by atoms with Gasteiger partial charge < -0.3 is 20.7 Å². The summed E-state index contributed by atoms with van der Waals surface area (Å²) in [5.41, 5.74) is 7.26. The number of hydrogen-bond acceptors (Lipinski definition) is 5. The largest absolute Gasteiger partial charge is 0.412 e. The van der Waals surface area contributed by atoms with Crippen molar-refractivity contribution in [3.8, 4) is 16.2 Å². The van der Waals surface area contributed by atoms with Gasteiger partial charge in [0.05, 0.1) is 5.69 Å². The van der Waals surface area contributed by atoms with Gasteiger partial charge in [-0.15, -0.1) is 11.3 Å². The minimum Gasteiger partial charge on any atom is -0.408 e. The Balaban J connectivity index is 1.55. The average molecular weight is 345 g/mol. The van der Waals surface area contributed by atoms with Gasteiger partial charge in [0.25, 0.3) is 0 Å². The van der Waals surface area contributed by atoms with Crippen LogP contribution in [0.4, 0.5) is 10.5 Å². The van der Waals surface area contributed by atoms with Gasteiger partial charge in [-0.25, -0.2) is 4.79 Å². The van der Waals surface area contributed by atoms with E-state index in [1.54, 1.807) is 35.3 Å². The Morgan fingerprint density at radius 1 is 1.38 bits per heavy atom. The molecule has 0 bridgehead atoms. The molecule has 1 aromatic carbocycles. The molecule has 6 nitrogen and oxygen atoms in total. The average Bonchev–Trinajstić information content (AvgIpc) is 3.01. The summed E-state index contributed by atoms with van der Waals surface area (Å²) in [4.78, 5) is 25.9. The Labute approximate surface area is 144 Å². The van der Waals surface area contributed by atoms with Gasteiger partial charge in [0, 0.05) is 37.4 Å². The van der Waals surface area contributed by atoms with Crippen LogP contribution in [-0.2, 0) is 4.79 Å². The van der Waals surface area contributed by atoms with Crippen LogP contribution in [0, 0.1) is 5.92 Å². The summed E-state index contributed by atoms with van der Waals surface area (Å²) < 4.78 is 5.33. The monoisotopic (exact) mass is 345 g/mol. The Morgan fingerprint density at radius 3 is 2.83 bits per heavy atom. The number of amides is 2. The van der Waals surface area contributed by atoms with Crippen molar-refractivity contribution in [2.45, 2.75) is 6.92 Å². The van der Waals surface area contributed by atoms with Crippen LogP contribution in [0.15, 0.2) is 35.7 Å². The van der Waals surface area contributed by atoms with E-state index in [0.29, 0.717) is 31.1 Å². The molecule has 0 saturated carbocycles. The number of rotatable bonds is 4. The van der Waals surface area contributed by atoms with Crippen LogP contribution in [0.1, 0.15) is 6.92 Å². The highest BCUT2D eigenvalue weighted by atomic mass is 32.1. The number of nitrogens with one attached hydrogen (secondary N) is 1. The number of thiophene rings is 1. The molecule has 3 rings (SSSR count). The van der Waals surface area contributed by atoms with Crippen LogP contribution in [0.3, 0.4) is 0 Å². The smallest absolute Gasteiger partial charge is 0.408 e. The lowest BCUT2D eigenvalue weighted by molar-refractivity contribution is -0.134. The third-order valence-corrected chi connectivity index (χ3v) is 4.88. The number of anilines is 1. The van der Waals surface area contributed by atoms with Gasteiger partial charge >= 0.3 is 6.09 Å². The van der Waals surface area contributed by atoms with E-state index >= 15 is 0 Å². The third-order valence-electron chi connectivity index (χ3n) is 3.96. The molecule has 0 atom stereocenters. The molecule has 1 saturated heterocycles. The van der Waals surface area contributed by atoms with Crippen LogP contribution in [-0.4, -0.2) is 36.5 Å². The fraction of sp³-hybridized carbons (Fsp3) is 0.294. The summed E-state index contributed by atoms with van der Waals surface area (Å²) >= 11 is 1.61. The molecule has 1 aliphatic heterocycles. The molecule has 0 unspecified atom stereocenters. The number of carbonyl (C=O) groups excluding carboxylic acids is 2. The summed E-state index contributed by atoms with van der Waals surface area (Å²) in [6.07, 6.45) is -0.536. The van der Waals surface area contributed by atoms with E-state index < -0.39 is 6.09 Å². The molecule has 1 fully saturated rings. The molecule has 0 aliphatic carbocycles. The van der Waals surface area contributed by atoms with Crippen molar-refractivity contribution < 1.29 is 14.3 Å². The molecule has 0 spiro atoms. The molecular formula is C17H19N3O3S. The van der Waals surface area contributed by atoms with E-state index in [2.05, 4.69) is 5.32 Å². The van der Waals surface area contributed by atoms with E-state index in [9.17, 15) is 9.59 Å². The van der Waals surface area contributed by atoms with Crippen LogP contribution < -0.4 is 15.8 Å². The van der Waals surface area contributed by atoms with Gasteiger partial charge in [-0.05, 0) is 29.1 Å². The molecule has 126 valence electrons. The summed E-state index contributed by atoms with van der Waals surface area (Å²) in [7, 11) is 0. The van der Waals surface area contributed by atoms with Gasteiger partial charge in [0.2, 0.25) is 5.91 Å². The molecule has 0 radical (unpaired) electrons. The summed E-state index contributed by atoms with van der Waals surface area (Å²) in [6, 6.07) is 9.36. The summed E-state index contributed by atoms with van der Waals surface area (Å²) in [5, 5.41) is 4.71. The van der Waals surface area contributed by atoms with E-state index in [0.717, 1.165) is 10.4 Å². The number of carbonyl (C=O) groups is 2. The van der Waals surface area contributed by atoms with E-state index in [1.165, 1.54) is 0 Å². The van der Waals surface area contributed by atoms with Crippen molar-refractivity contribution in [3.05, 3.63) is 35.7 Å². The summed E-state index contributed by atoms with van der Waals surface area (Å²) in [6.45, 7) is 3.37. The van der Waals surface area contributed by atoms with Gasteiger partial charge in [-0.3, -0.25) is 4.79 Å². The molecule has 7 heteroatoms. The van der Waals surface area contributed by atoms with Gasteiger partial charge in [0.1, 0.15) is 0 Å². The number of ether oxygens (including phenoxy) is 1. The molecular weight excluding hydrogens is 326 g/mol. The first kappa shape index (κ1) is 16.3. The van der Waals surface area contributed by atoms with Crippen molar-refractivity contribution in [2.24, 2.45) is 5.92 Å². The standard InChI is InChI=1S/C17H19N3O3S/c1-11(21)20-9-12(10-20)8-19-17(22)23-15-7-13(4-5-14(15)18)16-3-2-6-24-16/h2-7,12H,8-10,18H2,1H3,(H,19,22). The van der Waals surface area contributed by atoms with Crippen molar-refractivity contribution in [1.82, 2.24) is 10.2 Å². The van der Waals surface area contributed by atoms with E-state index in [4.69, 9.17) is 10.5 Å². The molecule has 2 heterocycles. The van der Waals surface area contributed by atoms with Crippen molar-refractivity contribution >= 4 is 29.0 Å². The van der Waals surface area contributed by atoms with E-state index in [1.807, 2.05) is 23.6 Å². The maximum atomic E-state index is 12.0. The van der Waals surface area contributed by atoms with Crippen molar-refractivity contribution in [3.63, 3.8) is 0 Å². The van der Waals surface area contributed by atoms with Crippen molar-refractivity contribution in [2.75, 3.05) is 25.4 Å². The van der Waals surface area contributed by atoms with Gasteiger partial charge in [-0.2, -0.15) is 0 Å². The lowest BCUT2D eigenvalue weighted by Gasteiger charge is -2.38. The first-order valence-corrected chi connectivity index (χ1v) is 8.55. The lowest BCUT2D eigenvalue weighted by Crippen LogP contribution is -2.53. The number of nitrogens with zero attached hydrogens (tertiary/aromatic N) is 1. The highest BCUT2D eigenvalue weighted by molar-refractivity contribution is 7.13. The Morgan fingerprint density at radius 2 is 2.17 bits per heavy atom. The zero-order valence-electron chi connectivity index (χ0n) is 13.3. The van der Waals surface area contributed by atoms with Gasteiger partial charge in [0.15, 0.2) is 5.75 Å². The van der Waals surface area contributed by atoms with Gasteiger partial charge in [-0.1, -0.05) is 12.1 Å². The maximum absolute atomic E-state index is 12.0. The predicted molar refractivity (Wildman–Crippen MR) is 93.9 cm³/mol. The topological polar surface area (TPSA) is 84.7 Å². The number of benzene rings is 1. The Bertz CT molecular complexity index is 740. The fourth-order valence-corrected chi connectivity index (χ4v) is 3.26. The molecule has 1 aliphatic rings. The normalized spacial score (nSPS) is 14.1.